The second kappa shape index (κ2) is 6.67. The first kappa shape index (κ1) is 13.3. The van der Waals surface area contributed by atoms with Crippen LogP contribution in [0.3, 0.4) is 0 Å². The van der Waals surface area contributed by atoms with E-state index in [0.717, 1.165) is 17.7 Å². The van der Waals surface area contributed by atoms with Crippen molar-refractivity contribution in [2.24, 2.45) is 10.9 Å². The number of amidine groups is 1. The van der Waals surface area contributed by atoms with Crippen LogP contribution in [0.15, 0.2) is 4.99 Å². The summed E-state index contributed by atoms with van der Waals surface area (Å²) in [5, 5.41) is 5.69. The molecule has 3 unspecified atom stereocenters. The third-order valence-electron chi connectivity index (χ3n) is 4.07. The van der Waals surface area contributed by atoms with Crippen molar-refractivity contribution in [2.45, 2.75) is 70.1 Å². The maximum absolute atomic E-state index is 4.67. The van der Waals surface area contributed by atoms with E-state index in [1.807, 2.05) is 11.8 Å². The van der Waals surface area contributed by atoms with E-state index in [1.54, 1.807) is 0 Å². The molecule has 0 amide bonds. The van der Waals surface area contributed by atoms with Gasteiger partial charge in [0.25, 0.3) is 0 Å². The molecule has 3 atom stereocenters. The Balaban J connectivity index is 1.80. The molecule has 1 N–H and O–H groups in total. The first-order chi connectivity index (χ1) is 8.33. The van der Waals surface area contributed by atoms with Crippen LogP contribution in [0, 0.1) is 5.92 Å². The Morgan fingerprint density at radius 3 is 2.88 bits per heavy atom. The Morgan fingerprint density at radius 2 is 2.12 bits per heavy atom. The number of hydrogen-bond acceptors (Lipinski definition) is 3. The highest BCUT2D eigenvalue weighted by atomic mass is 32.2. The van der Waals surface area contributed by atoms with Gasteiger partial charge >= 0.3 is 0 Å². The molecule has 0 spiro atoms. The number of aliphatic imine (C=N–C) groups is 1. The summed E-state index contributed by atoms with van der Waals surface area (Å²) >= 11 is 1.98. The second-order valence-electron chi connectivity index (χ2n) is 5.38. The third kappa shape index (κ3) is 3.64. The van der Waals surface area contributed by atoms with Crippen LogP contribution in [-0.2, 0) is 0 Å². The molecule has 2 rings (SSSR count). The van der Waals surface area contributed by atoms with Gasteiger partial charge in [-0.3, -0.25) is 4.99 Å². The molecular weight excluding hydrogens is 228 g/mol. The standard InChI is InChI=1S/C14H26N2S/c1-3-7-12-10-15-14(17-12)16-13-9-6-5-8-11(13)4-2/h11-13H,3-10H2,1-2H3,(H,15,16). The Hall–Kier alpha value is -0.180. The SMILES string of the molecule is CCCC1CN=C(NC2CCCCC2CC)S1. The van der Waals surface area contributed by atoms with Gasteiger partial charge < -0.3 is 5.32 Å². The number of thioether (sulfide) groups is 1. The predicted octanol–water partition coefficient (Wildman–Crippen LogP) is 3.82. The van der Waals surface area contributed by atoms with Gasteiger partial charge in [-0.2, -0.15) is 0 Å². The highest BCUT2D eigenvalue weighted by molar-refractivity contribution is 8.14. The van der Waals surface area contributed by atoms with E-state index < -0.39 is 0 Å². The zero-order valence-corrected chi connectivity index (χ0v) is 12.1. The molecule has 1 saturated carbocycles. The summed E-state index contributed by atoms with van der Waals surface area (Å²) in [7, 11) is 0. The Labute approximate surface area is 110 Å². The normalized spacial score (nSPS) is 33.5. The molecule has 2 nitrogen and oxygen atoms in total. The van der Waals surface area contributed by atoms with Crippen LogP contribution in [0.5, 0.6) is 0 Å². The van der Waals surface area contributed by atoms with E-state index in [4.69, 9.17) is 0 Å². The molecule has 0 aromatic carbocycles. The van der Waals surface area contributed by atoms with Gasteiger partial charge in [0, 0.05) is 11.3 Å². The van der Waals surface area contributed by atoms with Crippen molar-refractivity contribution in [3.63, 3.8) is 0 Å². The molecule has 2 aliphatic rings. The summed E-state index contributed by atoms with van der Waals surface area (Å²) < 4.78 is 0. The minimum Gasteiger partial charge on any atom is -0.362 e. The van der Waals surface area contributed by atoms with E-state index in [0.29, 0.717) is 6.04 Å². The molecule has 1 heterocycles. The van der Waals surface area contributed by atoms with E-state index in [9.17, 15) is 0 Å². The Morgan fingerprint density at radius 1 is 1.29 bits per heavy atom. The van der Waals surface area contributed by atoms with E-state index in [2.05, 4.69) is 24.2 Å². The molecule has 0 aromatic rings. The number of nitrogens with zero attached hydrogens (tertiary/aromatic N) is 1. The van der Waals surface area contributed by atoms with E-state index >= 15 is 0 Å². The summed E-state index contributed by atoms with van der Waals surface area (Å²) in [6, 6.07) is 0.695. The van der Waals surface area contributed by atoms with Gasteiger partial charge in [-0.05, 0) is 25.2 Å². The Bertz CT molecular complexity index is 265. The lowest BCUT2D eigenvalue weighted by molar-refractivity contribution is 0.281. The van der Waals surface area contributed by atoms with Crippen LogP contribution in [0.4, 0.5) is 0 Å². The minimum atomic E-state index is 0.695. The molecule has 98 valence electrons. The van der Waals surface area contributed by atoms with Crippen LogP contribution >= 0.6 is 11.8 Å². The van der Waals surface area contributed by atoms with Gasteiger partial charge in [-0.1, -0.05) is 51.3 Å². The van der Waals surface area contributed by atoms with E-state index in [1.165, 1.54) is 50.1 Å². The van der Waals surface area contributed by atoms with E-state index in [-0.39, 0.29) is 0 Å². The quantitative estimate of drug-likeness (QED) is 0.825. The summed E-state index contributed by atoms with van der Waals surface area (Å²) in [5.74, 6) is 0.872. The van der Waals surface area contributed by atoms with Crippen LogP contribution < -0.4 is 5.32 Å². The fourth-order valence-corrected chi connectivity index (χ4v) is 4.20. The molecule has 17 heavy (non-hydrogen) atoms. The molecule has 0 aromatic heterocycles. The van der Waals surface area contributed by atoms with Gasteiger partial charge in [0.2, 0.25) is 0 Å². The highest BCUT2D eigenvalue weighted by Crippen LogP contribution is 2.29. The zero-order valence-electron chi connectivity index (χ0n) is 11.2. The molecule has 1 aliphatic carbocycles. The van der Waals surface area contributed by atoms with Gasteiger partial charge in [-0.25, -0.2) is 0 Å². The van der Waals surface area contributed by atoms with Crippen molar-refractivity contribution in [3.8, 4) is 0 Å². The van der Waals surface area contributed by atoms with Crippen LogP contribution in [0.25, 0.3) is 0 Å². The topological polar surface area (TPSA) is 24.4 Å². The lowest BCUT2D eigenvalue weighted by Gasteiger charge is -2.32. The summed E-state index contributed by atoms with van der Waals surface area (Å²) in [4.78, 5) is 4.67. The Kier molecular flexibility index (Phi) is 5.20. The zero-order chi connectivity index (χ0) is 12.1. The lowest BCUT2D eigenvalue weighted by Crippen LogP contribution is -2.40. The van der Waals surface area contributed by atoms with Crippen molar-refractivity contribution in [3.05, 3.63) is 0 Å². The van der Waals surface area contributed by atoms with Gasteiger partial charge in [0.15, 0.2) is 5.17 Å². The molecule has 1 aliphatic heterocycles. The first-order valence-corrected chi connectivity index (χ1v) is 8.19. The van der Waals surface area contributed by atoms with Gasteiger partial charge in [0.1, 0.15) is 0 Å². The minimum absolute atomic E-state index is 0.695. The number of rotatable bonds is 4. The monoisotopic (exact) mass is 254 g/mol. The van der Waals surface area contributed by atoms with Crippen LogP contribution in [0.1, 0.15) is 58.8 Å². The average molecular weight is 254 g/mol. The van der Waals surface area contributed by atoms with Crippen LogP contribution in [-0.4, -0.2) is 23.0 Å². The fraction of sp³-hybridized carbons (Fsp3) is 0.929. The molecule has 0 bridgehead atoms. The van der Waals surface area contributed by atoms with Crippen molar-refractivity contribution >= 4 is 16.9 Å². The predicted molar refractivity (Wildman–Crippen MR) is 77.8 cm³/mol. The lowest BCUT2D eigenvalue weighted by atomic mass is 9.83. The molecule has 1 fully saturated rings. The van der Waals surface area contributed by atoms with Gasteiger partial charge in [-0.15, -0.1) is 0 Å². The van der Waals surface area contributed by atoms with Crippen LogP contribution in [0.2, 0.25) is 0 Å². The average Bonchev–Trinajstić information content (AvgIpc) is 2.78. The third-order valence-corrected chi connectivity index (χ3v) is 5.26. The number of nitrogens with one attached hydrogen (secondary N) is 1. The summed E-state index contributed by atoms with van der Waals surface area (Å²) in [6.45, 7) is 5.62. The van der Waals surface area contributed by atoms with Crippen molar-refractivity contribution in [2.75, 3.05) is 6.54 Å². The molecule has 0 saturated heterocycles. The second-order valence-corrected chi connectivity index (χ2v) is 6.67. The van der Waals surface area contributed by atoms with Crippen molar-refractivity contribution in [1.29, 1.82) is 0 Å². The first-order valence-electron chi connectivity index (χ1n) is 7.31. The summed E-state index contributed by atoms with van der Waals surface area (Å²) in [5.41, 5.74) is 0. The largest absolute Gasteiger partial charge is 0.362 e. The molecule has 0 radical (unpaired) electrons. The maximum Gasteiger partial charge on any atom is 0.157 e. The number of hydrogen-bond donors (Lipinski definition) is 1. The molecule has 3 heteroatoms. The van der Waals surface area contributed by atoms with Crippen molar-refractivity contribution < 1.29 is 0 Å². The molecular formula is C14H26N2S. The van der Waals surface area contributed by atoms with Gasteiger partial charge in [0.05, 0.1) is 6.54 Å². The highest BCUT2D eigenvalue weighted by Gasteiger charge is 2.27. The summed E-state index contributed by atoms with van der Waals surface area (Å²) in [6.07, 6.45) is 9.47. The maximum atomic E-state index is 4.67. The smallest absolute Gasteiger partial charge is 0.157 e. The van der Waals surface area contributed by atoms with Crippen molar-refractivity contribution in [1.82, 2.24) is 5.32 Å². The fourth-order valence-electron chi connectivity index (χ4n) is 3.01.